The Kier molecular flexibility index (Phi) is 6.27. The number of pyridine rings is 1. The molecule has 0 saturated carbocycles. The number of aromatic nitrogens is 5. The molecule has 4 N–H and O–H groups in total. The number of aryl methyl sites for hydroxylation is 1. The second-order valence-corrected chi connectivity index (χ2v) is 8.27. The molecule has 0 saturated heterocycles. The first-order valence-corrected chi connectivity index (χ1v) is 11.4. The highest BCUT2D eigenvalue weighted by molar-refractivity contribution is 7.71. The van der Waals surface area contributed by atoms with E-state index >= 15 is 0 Å². The summed E-state index contributed by atoms with van der Waals surface area (Å²) in [6.07, 6.45) is 4.87. The minimum Gasteiger partial charge on any atom is -0.479 e. The molecule has 0 bridgehead atoms. The van der Waals surface area contributed by atoms with E-state index in [0.717, 1.165) is 5.52 Å². The van der Waals surface area contributed by atoms with Crippen molar-refractivity contribution >= 4 is 44.8 Å². The van der Waals surface area contributed by atoms with Gasteiger partial charge in [-0.15, -0.1) is 0 Å². The number of imidazole rings is 1. The van der Waals surface area contributed by atoms with Gasteiger partial charge in [0.25, 0.3) is 5.91 Å². The average molecular weight is 483 g/mol. The van der Waals surface area contributed by atoms with E-state index in [1.807, 2.05) is 7.05 Å². The Morgan fingerprint density at radius 1 is 1.24 bits per heavy atom. The van der Waals surface area contributed by atoms with E-state index in [2.05, 4.69) is 30.6 Å². The fourth-order valence-corrected chi connectivity index (χ4v) is 4.07. The molecule has 0 aliphatic rings. The van der Waals surface area contributed by atoms with Crippen LogP contribution in [0.5, 0.6) is 5.88 Å². The number of nitrogens with one attached hydrogen (secondary N) is 2. The summed E-state index contributed by atoms with van der Waals surface area (Å²) in [5.74, 6) is -0.778. The van der Waals surface area contributed by atoms with Crippen LogP contribution in [0.3, 0.4) is 0 Å². The van der Waals surface area contributed by atoms with Crippen molar-refractivity contribution in [2.24, 2.45) is 12.8 Å². The van der Waals surface area contributed by atoms with Gasteiger partial charge in [0.2, 0.25) is 5.88 Å². The fraction of sp³-hybridized carbons (Fsp3) is 0.190. The van der Waals surface area contributed by atoms with Crippen molar-refractivity contribution < 1.29 is 17.9 Å². The number of thiol groups is 1. The van der Waals surface area contributed by atoms with Gasteiger partial charge >= 0.3 is 0 Å². The molecule has 1 amide bonds. The maximum Gasteiger partial charge on any atom is 0.271 e. The summed E-state index contributed by atoms with van der Waals surface area (Å²) >= 11 is 0. The number of hydrogen-bond acceptors (Lipinski definition) is 10. The van der Waals surface area contributed by atoms with Crippen LogP contribution >= 0.6 is 0 Å². The number of nitrogens with zero attached hydrogens (tertiary/aromatic N) is 5. The van der Waals surface area contributed by atoms with Crippen LogP contribution in [0.2, 0.25) is 0 Å². The first-order valence-electron chi connectivity index (χ1n) is 10.0. The van der Waals surface area contributed by atoms with E-state index in [1.165, 1.54) is 7.11 Å². The van der Waals surface area contributed by atoms with Gasteiger partial charge in [0.15, 0.2) is 11.5 Å². The number of carbonyl (C=O) groups is 1. The molecule has 34 heavy (non-hydrogen) atoms. The Morgan fingerprint density at radius 2 is 2.03 bits per heavy atom. The molecule has 0 radical (unpaired) electrons. The van der Waals surface area contributed by atoms with E-state index in [9.17, 15) is 13.2 Å². The van der Waals surface area contributed by atoms with Crippen LogP contribution in [-0.4, -0.2) is 53.0 Å². The van der Waals surface area contributed by atoms with Crippen molar-refractivity contribution in [3.8, 4) is 17.1 Å². The van der Waals surface area contributed by atoms with Gasteiger partial charge in [0.05, 0.1) is 36.5 Å². The number of primary amides is 1. The van der Waals surface area contributed by atoms with Gasteiger partial charge in [-0.25, -0.2) is 18.4 Å². The largest absolute Gasteiger partial charge is 0.479 e. The molecule has 0 unspecified atom stereocenters. The van der Waals surface area contributed by atoms with E-state index in [1.54, 1.807) is 48.5 Å². The van der Waals surface area contributed by atoms with Crippen molar-refractivity contribution in [3.05, 3.63) is 48.2 Å². The highest BCUT2D eigenvalue weighted by Crippen LogP contribution is 2.34. The van der Waals surface area contributed by atoms with Crippen molar-refractivity contribution in [2.75, 3.05) is 24.8 Å². The Balaban J connectivity index is 1.83. The van der Waals surface area contributed by atoms with Crippen molar-refractivity contribution in [2.45, 2.75) is 5.75 Å². The molecular formula is C21H22N8O4S. The van der Waals surface area contributed by atoms with Gasteiger partial charge in [-0.2, -0.15) is 4.98 Å². The molecular weight excluding hydrogens is 460 g/mol. The van der Waals surface area contributed by atoms with Crippen LogP contribution in [-0.2, 0) is 23.5 Å². The van der Waals surface area contributed by atoms with Crippen LogP contribution in [0.4, 0.5) is 17.2 Å². The number of fused-ring (bicyclic) bond motifs is 1. The van der Waals surface area contributed by atoms with E-state index in [0.29, 0.717) is 28.0 Å². The lowest BCUT2D eigenvalue weighted by Crippen LogP contribution is -2.18. The van der Waals surface area contributed by atoms with Crippen LogP contribution in [0, 0.1) is 0 Å². The number of nitrogens with two attached hydrogens (primary N) is 1. The standard InChI is InChI=1S/C21H22N8O4S/c1-23-14-5-4-12(6-11(14)9-34(31)32)26-20-18(19(22)30)27-17(21(28-20)33-3)13-7-24-8-15-16(13)25-10-29(15)2/h4-8,10,23,34H,9H2,1-3H3,(H2,22,30)(H,26,28). The molecule has 1 aromatic carbocycles. The van der Waals surface area contributed by atoms with E-state index in [4.69, 9.17) is 10.5 Å². The predicted molar refractivity (Wildman–Crippen MR) is 128 cm³/mol. The number of anilines is 3. The minimum absolute atomic E-state index is 0.0592. The molecule has 0 aliphatic heterocycles. The summed E-state index contributed by atoms with van der Waals surface area (Å²) < 4.78 is 29.8. The normalized spacial score (nSPS) is 11.1. The molecule has 13 heteroatoms. The zero-order valence-corrected chi connectivity index (χ0v) is 19.5. The summed E-state index contributed by atoms with van der Waals surface area (Å²) in [7, 11) is 2.32. The number of rotatable bonds is 8. The number of ether oxygens (including phenoxy) is 1. The topological polar surface area (TPSA) is 167 Å². The average Bonchev–Trinajstić information content (AvgIpc) is 3.19. The predicted octanol–water partition coefficient (Wildman–Crippen LogP) is 1.43. The molecule has 3 heterocycles. The van der Waals surface area contributed by atoms with Crippen molar-refractivity contribution in [3.63, 3.8) is 0 Å². The molecule has 4 aromatic rings. The van der Waals surface area contributed by atoms with Crippen LogP contribution < -0.4 is 21.1 Å². The van der Waals surface area contributed by atoms with E-state index in [-0.39, 0.29) is 28.8 Å². The van der Waals surface area contributed by atoms with Gasteiger partial charge in [0, 0.05) is 31.7 Å². The monoisotopic (exact) mass is 482 g/mol. The second kappa shape index (κ2) is 9.31. The van der Waals surface area contributed by atoms with Gasteiger partial charge in [-0.3, -0.25) is 9.78 Å². The first-order chi connectivity index (χ1) is 16.3. The third-order valence-electron chi connectivity index (χ3n) is 5.12. The smallest absolute Gasteiger partial charge is 0.271 e. The Bertz CT molecular complexity index is 1470. The molecule has 0 spiro atoms. The molecule has 3 aromatic heterocycles. The van der Waals surface area contributed by atoms with Gasteiger partial charge in [0.1, 0.15) is 21.9 Å². The minimum atomic E-state index is -2.64. The third-order valence-corrected chi connectivity index (χ3v) is 5.72. The van der Waals surface area contributed by atoms with E-state index < -0.39 is 16.6 Å². The molecule has 0 fully saturated rings. The lowest BCUT2D eigenvalue weighted by Gasteiger charge is -2.15. The summed E-state index contributed by atoms with van der Waals surface area (Å²) in [4.78, 5) is 29.8. The van der Waals surface area contributed by atoms with Crippen molar-refractivity contribution in [1.29, 1.82) is 0 Å². The molecule has 0 aliphatic carbocycles. The Morgan fingerprint density at radius 3 is 2.71 bits per heavy atom. The number of carbonyl (C=O) groups excluding carboxylic acids is 1. The Hall–Kier alpha value is -4.26. The van der Waals surface area contributed by atoms with Gasteiger partial charge in [-0.1, -0.05) is 0 Å². The first kappa shape index (κ1) is 22.9. The summed E-state index contributed by atoms with van der Waals surface area (Å²) in [5, 5.41) is 5.95. The van der Waals surface area contributed by atoms with Gasteiger partial charge in [-0.05, 0) is 23.8 Å². The summed E-state index contributed by atoms with van der Waals surface area (Å²) in [5.41, 5.74) is 9.35. The summed E-state index contributed by atoms with van der Waals surface area (Å²) in [6.45, 7) is 0. The van der Waals surface area contributed by atoms with Crippen molar-refractivity contribution in [1.82, 2.24) is 24.5 Å². The zero-order chi connectivity index (χ0) is 24.4. The maximum atomic E-state index is 12.3. The second-order valence-electron chi connectivity index (χ2n) is 7.29. The van der Waals surface area contributed by atoms with Crippen LogP contribution in [0.25, 0.3) is 22.3 Å². The van der Waals surface area contributed by atoms with Crippen LogP contribution in [0.1, 0.15) is 16.1 Å². The molecule has 12 nitrogen and oxygen atoms in total. The highest BCUT2D eigenvalue weighted by atomic mass is 32.2. The lowest BCUT2D eigenvalue weighted by molar-refractivity contribution is 0.0996. The number of hydrogen-bond donors (Lipinski definition) is 4. The Labute approximate surface area is 196 Å². The quantitative estimate of drug-likeness (QED) is 0.270. The fourth-order valence-electron chi connectivity index (χ4n) is 3.53. The third kappa shape index (κ3) is 4.32. The number of methoxy groups -OCH3 is 1. The number of amides is 1. The maximum absolute atomic E-state index is 12.3. The van der Waals surface area contributed by atoms with Crippen LogP contribution in [0.15, 0.2) is 36.9 Å². The SMILES string of the molecule is CNc1ccc(Nc2nc(OC)c(-c3cncc4c3ncn4C)nc2C(N)=O)cc1C[SH](=O)=O. The zero-order valence-electron chi connectivity index (χ0n) is 18.6. The number of benzene rings is 1. The summed E-state index contributed by atoms with van der Waals surface area (Å²) in [6, 6.07) is 5.06. The highest BCUT2D eigenvalue weighted by Gasteiger charge is 2.22. The molecule has 0 atom stereocenters. The molecule has 4 rings (SSSR count). The lowest BCUT2D eigenvalue weighted by atomic mass is 10.1. The van der Waals surface area contributed by atoms with Gasteiger partial charge < -0.3 is 25.7 Å². The molecule has 176 valence electrons.